The van der Waals surface area contributed by atoms with Gasteiger partial charge in [0.05, 0.1) is 18.7 Å². The van der Waals surface area contributed by atoms with E-state index in [9.17, 15) is 4.79 Å². The van der Waals surface area contributed by atoms with E-state index < -0.39 is 0 Å². The molecule has 162 valence electrons. The van der Waals surface area contributed by atoms with Crippen molar-refractivity contribution in [1.29, 1.82) is 0 Å². The van der Waals surface area contributed by atoms with Crippen LogP contribution in [0.2, 0.25) is 0 Å². The van der Waals surface area contributed by atoms with Gasteiger partial charge in [-0.2, -0.15) is 5.10 Å². The quantitative estimate of drug-likeness (QED) is 0.630. The number of hydrogen-bond donors (Lipinski definition) is 1. The molecule has 0 unspecified atom stereocenters. The van der Waals surface area contributed by atoms with E-state index >= 15 is 0 Å². The van der Waals surface area contributed by atoms with Crippen molar-refractivity contribution in [1.82, 2.24) is 19.7 Å². The Bertz CT molecular complexity index is 992. The highest BCUT2D eigenvalue weighted by Gasteiger charge is 2.26. The largest absolute Gasteiger partial charge is 0.311 e. The van der Waals surface area contributed by atoms with E-state index in [2.05, 4.69) is 40.2 Å². The molecule has 31 heavy (non-hydrogen) atoms. The van der Waals surface area contributed by atoms with Crippen molar-refractivity contribution < 1.29 is 4.79 Å². The molecule has 6 heteroatoms. The summed E-state index contributed by atoms with van der Waals surface area (Å²) in [6.45, 7) is 6.44. The molecule has 1 saturated heterocycles. The van der Waals surface area contributed by atoms with Crippen LogP contribution in [0.1, 0.15) is 42.6 Å². The summed E-state index contributed by atoms with van der Waals surface area (Å²) in [6.07, 6.45) is 7.05. The molecule has 0 saturated carbocycles. The van der Waals surface area contributed by atoms with Gasteiger partial charge in [-0.05, 0) is 49.9 Å². The van der Waals surface area contributed by atoms with Crippen molar-refractivity contribution in [2.45, 2.75) is 51.6 Å². The summed E-state index contributed by atoms with van der Waals surface area (Å²) < 4.78 is 1.99. The van der Waals surface area contributed by atoms with Crippen LogP contribution in [0.5, 0.6) is 0 Å². The van der Waals surface area contributed by atoms with Crippen molar-refractivity contribution >= 4 is 11.7 Å². The smallest absolute Gasteiger partial charge is 0.229 e. The maximum absolute atomic E-state index is 12.5. The van der Waals surface area contributed by atoms with Crippen LogP contribution in [0.15, 0.2) is 60.9 Å². The predicted molar refractivity (Wildman–Crippen MR) is 123 cm³/mol. The fourth-order valence-electron chi connectivity index (χ4n) is 4.39. The summed E-state index contributed by atoms with van der Waals surface area (Å²) in [5.41, 5.74) is 3.43. The fourth-order valence-corrected chi connectivity index (χ4v) is 4.39. The van der Waals surface area contributed by atoms with Gasteiger partial charge in [-0.25, -0.2) is 4.68 Å². The first-order valence-electron chi connectivity index (χ1n) is 11.1. The zero-order valence-electron chi connectivity index (χ0n) is 18.4. The van der Waals surface area contributed by atoms with Crippen LogP contribution in [-0.2, 0) is 17.6 Å². The molecule has 1 amide bonds. The van der Waals surface area contributed by atoms with Crippen LogP contribution in [0.25, 0.3) is 0 Å². The molecule has 1 atom stereocenters. The minimum absolute atomic E-state index is 0.00957. The number of aryl methyl sites for hydroxylation is 1. The topological polar surface area (TPSA) is 63.1 Å². The van der Waals surface area contributed by atoms with Crippen LogP contribution in [0.4, 0.5) is 5.82 Å². The van der Waals surface area contributed by atoms with E-state index in [4.69, 9.17) is 0 Å². The third kappa shape index (κ3) is 5.58. The summed E-state index contributed by atoms with van der Waals surface area (Å²) in [7, 11) is 0. The highest BCUT2D eigenvalue weighted by atomic mass is 16.1. The second kappa shape index (κ2) is 9.88. The number of benzene rings is 1. The molecule has 1 aliphatic heterocycles. The van der Waals surface area contributed by atoms with Crippen LogP contribution in [0, 0.1) is 6.92 Å². The van der Waals surface area contributed by atoms with Gasteiger partial charge in [0, 0.05) is 43.5 Å². The standard InChI is InChI=1S/C25H31N5O/c1-19-8-12-26-22(16-19)17-20(2)29-14-10-23(11-15-29)30-24(9-13-27-30)28-25(31)18-21-6-4-3-5-7-21/h3-9,12-13,16,20,23H,10-11,14-15,17-18H2,1-2H3,(H,28,31)/t20-/m1/s1. The van der Waals surface area contributed by atoms with E-state index in [0.717, 1.165) is 49.4 Å². The summed E-state index contributed by atoms with van der Waals surface area (Å²) in [6, 6.07) is 16.7. The number of hydrogen-bond acceptors (Lipinski definition) is 4. The highest BCUT2D eigenvalue weighted by Crippen LogP contribution is 2.27. The van der Waals surface area contributed by atoms with E-state index in [-0.39, 0.29) is 5.91 Å². The highest BCUT2D eigenvalue weighted by molar-refractivity contribution is 5.91. The minimum atomic E-state index is -0.00957. The van der Waals surface area contributed by atoms with Crippen molar-refractivity contribution in [3.05, 3.63) is 77.7 Å². The number of aromatic nitrogens is 3. The molecular weight excluding hydrogens is 386 g/mol. The van der Waals surface area contributed by atoms with Crippen LogP contribution < -0.4 is 5.32 Å². The molecule has 1 fully saturated rings. The number of likely N-dealkylation sites (tertiary alicyclic amines) is 1. The lowest BCUT2D eigenvalue weighted by atomic mass is 10.0. The molecule has 2 aromatic heterocycles. The Morgan fingerprint density at radius 2 is 1.90 bits per heavy atom. The van der Waals surface area contributed by atoms with Crippen molar-refractivity contribution in [2.24, 2.45) is 0 Å². The number of nitrogens with zero attached hydrogens (tertiary/aromatic N) is 4. The number of piperidine rings is 1. The Balaban J connectivity index is 1.31. The van der Waals surface area contributed by atoms with Crippen molar-refractivity contribution in [3.8, 4) is 0 Å². The predicted octanol–water partition coefficient (Wildman–Crippen LogP) is 4.04. The van der Waals surface area contributed by atoms with Crippen LogP contribution in [-0.4, -0.2) is 44.7 Å². The SMILES string of the molecule is Cc1ccnc(C[C@@H](C)N2CCC(n3nccc3NC(=O)Cc3ccccc3)CC2)c1. The van der Waals surface area contributed by atoms with Gasteiger partial charge in [0.25, 0.3) is 0 Å². The molecule has 0 bridgehead atoms. The maximum atomic E-state index is 12.5. The molecule has 1 aliphatic rings. The zero-order chi connectivity index (χ0) is 21.6. The number of amides is 1. The molecule has 0 radical (unpaired) electrons. The molecular formula is C25H31N5O. The number of nitrogens with one attached hydrogen (secondary N) is 1. The van der Waals surface area contributed by atoms with Crippen molar-refractivity contribution in [3.63, 3.8) is 0 Å². The van der Waals surface area contributed by atoms with Crippen LogP contribution >= 0.6 is 0 Å². The molecule has 3 aromatic rings. The summed E-state index contributed by atoms with van der Waals surface area (Å²) >= 11 is 0. The van der Waals surface area contributed by atoms with Gasteiger partial charge in [0.2, 0.25) is 5.91 Å². The third-order valence-corrected chi connectivity index (χ3v) is 6.09. The molecule has 0 aliphatic carbocycles. The number of carbonyl (C=O) groups is 1. The second-order valence-electron chi connectivity index (χ2n) is 8.52. The first-order valence-corrected chi connectivity index (χ1v) is 11.1. The molecule has 1 N–H and O–H groups in total. The number of anilines is 1. The van der Waals surface area contributed by atoms with Gasteiger partial charge in [0.15, 0.2) is 0 Å². The van der Waals surface area contributed by atoms with Gasteiger partial charge in [-0.15, -0.1) is 0 Å². The molecule has 3 heterocycles. The van der Waals surface area contributed by atoms with Crippen LogP contribution in [0.3, 0.4) is 0 Å². The molecule has 0 spiro atoms. The van der Waals surface area contributed by atoms with Crippen molar-refractivity contribution in [2.75, 3.05) is 18.4 Å². The molecule has 1 aromatic carbocycles. The monoisotopic (exact) mass is 417 g/mol. The number of rotatable bonds is 7. The van der Waals surface area contributed by atoms with Gasteiger partial charge in [-0.1, -0.05) is 30.3 Å². The molecule has 4 rings (SSSR count). The first kappa shape index (κ1) is 21.2. The minimum Gasteiger partial charge on any atom is -0.311 e. The third-order valence-electron chi connectivity index (χ3n) is 6.09. The average molecular weight is 418 g/mol. The zero-order valence-corrected chi connectivity index (χ0v) is 18.4. The van der Waals surface area contributed by atoms with Gasteiger partial charge in [-0.3, -0.25) is 9.78 Å². The summed E-state index contributed by atoms with van der Waals surface area (Å²) in [4.78, 5) is 19.5. The van der Waals surface area contributed by atoms with Gasteiger partial charge >= 0.3 is 0 Å². The molecule has 6 nitrogen and oxygen atoms in total. The van der Waals surface area contributed by atoms with E-state index in [1.807, 2.05) is 53.3 Å². The lowest BCUT2D eigenvalue weighted by molar-refractivity contribution is -0.115. The number of carbonyl (C=O) groups excluding carboxylic acids is 1. The average Bonchev–Trinajstić information content (AvgIpc) is 3.22. The first-order chi connectivity index (χ1) is 15.1. The van der Waals surface area contributed by atoms with E-state index in [1.54, 1.807) is 6.20 Å². The van der Waals surface area contributed by atoms with E-state index in [1.165, 1.54) is 5.56 Å². The Labute approximate surface area is 184 Å². The van der Waals surface area contributed by atoms with Gasteiger partial charge in [0.1, 0.15) is 5.82 Å². The van der Waals surface area contributed by atoms with Gasteiger partial charge < -0.3 is 10.2 Å². The fraction of sp³-hybridized carbons (Fsp3) is 0.400. The Kier molecular flexibility index (Phi) is 6.77. The Morgan fingerprint density at radius 1 is 1.13 bits per heavy atom. The summed E-state index contributed by atoms with van der Waals surface area (Å²) in [5, 5.41) is 7.57. The number of pyridine rings is 1. The van der Waals surface area contributed by atoms with E-state index in [0.29, 0.717) is 18.5 Å². The second-order valence-corrected chi connectivity index (χ2v) is 8.52. The Hall–Kier alpha value is -2.99. The normalized spacial score (nSPS) is 16.2. The summed E-state index contributed by atoms with van der Waals surface area (Å²) in [5.74, 6) is 0.779. The lowest BCUT2D eigenvalue weighted by Crippen LogP contribution is -2.41. The Morgan fingerprint density at radius 3 is 2.65 bits per heavy atom. The lowest BCUT2D eigenvalue weighted by Gasteiger charge is -2.36. The maximum Gasteiger partial charge on any atom is 0.229 e.